The van der Waals surface area contributed by atoms with Gasteiger partial charge in [-0.05, 0) is 30.2 Å². The van der Waals surface area contributed by atoms with Crippen LogP contribution in [0.1, 0.15) is 17.2 Å². The van der Waals surface area contributed by atoms with Crippen LogP contribution < -0.4 is 10.1 Å². The van der Waals surface area contributed by atoms with Crippen LogP contribution in [0, 0.1) is 6.92 Å². The molecule has 1 aromatic rings. The molecule has 0 aromatic heterocycles. The lowest BCUT2D eigenvalue weighted by molar-refractivity contribution is 0.0272. The lowest BCUT2D eigenvalue weighted by Gasteiger charge is -2.25. The first-order valence-corrected chi connectivity index (χ1v) is 5.76. The molecule has 1 fully saturated rings. The van der Waals surface area contributed by atoms with Crippen molar-refractivity contribution in [3.05, 3.63) is 28.3 Å². The topological polar surface area (TPSA) is 30.5 Å². The maximum Gasteiger partial charge on any atom is 0.137 e. The van der Waals surface area contributed by atoms with Crippen molar-refractivity contribution in [2.75, 3.05) is 26.8 Å². The molecule has 16 heavy (non-hydrogen) atoms. The third-order valence-electron chi connectivity index (χ3n) is 2.81. The van der Waals surface area contributed by atoms with Gasteiger partial charge in [0, 0.05) is 13.1 Å². The molecule has 0 radical (unpaired) electrons. The fraction of sp³-hybridized carbons (Fsp3) is 0.500. The molecule has 1 aliphatic heterocycles. The zero-order valence-corrected chi connectivity index (χ0v) is 10.3. The summed E-state index contributed by atoms with van der Waals surface area (Å²) in [4.78, 5) is 0. The summed E-state index contributed by atoms with van der Waals surface area (Å²) in [7, 11) is 1.63. The molecular formula is C12H16ClNO2. The van der Waals surface area contributed by atoms with Crippen LogP contribution in [0.5, 0.6) is 5.75 Å². The first-order valence-electron chi connectivity index (χ1n) is 5.38. The van der Waals surface area contributed by atoms with Gasteiger partial charge in [-0.3, -0.25) is 0 Å². The summed E-state index contributed by atoms with van der Waals surface area (Å²) in [5.41, 5.74) is 2.29. The maximum absolute atomic E-state index is 6.06. The van der Waals surface area contributed by atoms with E-state index in [-0.39, 0.29) is 6.10 Å². The van der Waals surface area contributed by atoms with Crippen molar-refractivity contribution >= 4 is 11.6 Å². The molecular weight excluding hydrogens is 226 g/mol. The van der Waals surface area contributed by atoms with E-state index < -0.39 is 0 Å². The molecule has 3 nitrogen and oxygen atoms in total. The molecule has 4 heteroatoms. The van der Waals surface area contributed by atoms with Crippen LogP contribution in [0.25, 0.3) is 0 Å². The molecule has 1 N–H and O–H groups in total. The molecule has 0 amide bonds. The number of halogens is 1. The van der Waals surface area contributed by atoms with Gasteiger partial charge in [0.05, 0.1) is 24.8 Å². The minimum absolute atomic E-state index is 0.0971. The molecule has 2 rings (SSSR count). The summed E-state index contributed by atoms with van der Waals surface area (Å²) < 4.78 is 10.9. The highest BCUT2D eigenvalue weighted by Crippen LogP contribution is 2.32. The van der Waals surface area contributed by atoms with E-state index in [4.69, 9.17) is 21.1 Å². The van der Waals surface area contributed by atoms with Gasteiger partial charge in [0.2, 0.25) is 0 Å². The van der Waals surface area contributed by atoms with Crippen LogP contribution >= 0.6 is 11.6 Å². The number of hydrogen-bond donors (Lipinski definition) is 1. The summed E-state index contributed by atoms with van der Waals surface area (Å²) in [6.45, 7) is 4.54. The van der Waals surface area contributed by atoms with Crippen molar-refractivity contribution in [3.63, 3.8) is 0 Å². The van der Waals surface area contributed by atoms with Crippen LogP contribution in [-0.2, 0) is 4.74 Å². The summed E-state index contributed by atoms with van der Waals surface area (Å²) in [6, 6.07) is 3.89. The van der Waals surface area contributed by atoms with Gasteiger partial charge in [-0.25, -0.2) is 0 Å². The van der Waals surface area contributed by atoms with Crippen LogP contribution in [0.3, 0.4) is 0 Å². The number of rotatable bonds is 2. The Labute approximate surface area is 101 Å². The number of benzene rings is 1. The second-order valence-corrected chi connectivity index (χ2v) is 4.31. The largest absolute Gasteiger partial charge is 0.495 e. The fourth-order valence-electron chi connectivity index (χ4n) is 1.94. The Hall–Kier alpha value is -0.770. The standard InChI is InChI=1S/C12H16ClNO2/c1-8-5-10(13)11(15-2)6-9(8)12-7-14-3-4-16-12/h5-6,12,14H,3-4,7H2,1-2H3. The van der Waals surface area contributed by atoms with E-state index in [0.717, 1.165) is 30.8 Å². The van der Waals surface area contributed by atoms with Gasteiger partial charge in [0.1, 0.15) is 5.75 Å². The summed E-state index contributed by atoms with van der Waals surface area (Å²) >= 11 is 6.06. The molecule has 0 spiro atoms. The van der Waals surface area contributed by atoms with E-state index in [2.05, 4.69) is 5.32 Å². The minimum Gasteiger partial charge on any atom is -0.495 e. The molecule has 1 aromatic carbocycles. The smallest absolute Gasteiger partial charge is 0.137 e. The average Bonchev–Trinajstić information content (AvgIpc) is 2.30. The maximum atomic E-state index is 6.06. The van der Waals surface area contributed by atoms with Crippen LogP contribution in [0.2, 0.25) is 5.02 Å². The Bertz CT molecular complexity index is 376. The fourth-order valence-corrected chi connectivity index (χ4v) is 2.23. The Morgan fingerprint density at radius 3 is 2.94 bits per heavy atom. The van der Waals surface area contributed by atoms with E-state index in [1.807, 2.05) is 19.1 Å². The first kappa shape index (κ1) is 11.7. The second-order valence-electron chi connectivity index (χ2n) is 3.91. The van der Waals surface area contributed by atoms with E-state index >= 15 is 0 Å². The first-order chi connectivity index (χ1) is 7.72. The predicted molar refractivity (Wildman–Crippen MR) is 64.3 cm³/mol. The number of hydrogen-bond acceptors (Lipinski definition) is 3. The number of methoxy groups -OCH3 is 1. The molecule has 88 valence electrons. The molecule has 0 saturated carbocycles. The van der Waals surface area contributed by atoms with Crippen molar-refractivity contribution in [3.8, 4) is 5.75 Å². The van der Waals surface area contributed by atoms with Crippen molar-refractivity contribution in [1.82, 2.24) is 5.32 Å². The normalized spacial score (nSPS) is 20.8. The molecule has 0 aliphatic carbocycles. The van der Waals surface area contributed by atoms with Crippen molar-refractivity contribution in [2.24, 2.45) is 0 Å². The lowest BCUT2D eigenvalue weighted by Crippen LogP contribution is -2.33. The van der Waals surface area contributed by atoms with Gasteiger partial charge in [-0.1, -0.05) is 11.6 Å². The van der Waals surface area contributed by atoms with Crippen LogP contribution in [-0.4, -0.2) is 26.8 Å². The van der Waals surface area contributed by atoms with Crippen molar-refractivity contribution < 1.29 is 9.47 Å². The summed E-state index contributed by atoms with van der Waals surface area (Å²) in [6.07, 6.45) is 0.0971. The predicted octanol–water partition coefficient (Wildman–Crippen LogP) is 2.32. The van der Waals surface area contributed by atoms with Gasteiger partial charge in [0.15, 0.2) is 0 Å². The second kappa shape index (κ2) is 5.04. The molecule has 1 atom stereocenters. The molecule has 1 heterocycles. The average molecular weight is 242 g/mol. The minimum atomic E-state index is 0.0971. The molecule has 1 unspecified atom stereocenters. The zero-order chi connectivity index (χ0) is 11.5. The number of nitrogens with one attached hydrogen (secondary N) is 1. The SMILES string of the molecule is COc1cc(C2CNCCO2)c(C)cc1Cl. The Morgan fingerprint density at radius 2 is 2.31 bits per heavy atom. The number of morpholine rings is 1. The van der Waals surface area contributed by atoms with Gasteiger partial charge < -0.3 is 14.8 Å². The highest BCUT2D eigenvalue weighted by molar-refractivity contribution is 6.32. The van der Waals surface area contributed by atoms with E-state index in [9.17, 15) is 0 Å². The Kier molecular flexibility index (Phi) is 3.69. The van der Waals surface area contributed by atoms with Crippen molar-refractivity contribution in [1.29, 1.82) is 0 Å². The van der Waals surface area contributed by atoms with E-state index in [0.29, 0.717) is 10.8 Å². The third-order valence-corrected chi connectivity index (χ3v) is 3.11. The molecule has 0 bridgehead atoms. The lowest BCUT2D eigenvalue weighted by atomic mass is 10.0. The number of aryl methyl sites for hydroxylation is 1. The monoisotopic (exact) mass is 241 g/mol. The van der Waals surface area contributed by atoms with Gasteiger partial charge in [-0.15, -0.1) is 0 Å². The van der Waals surface area contributed by atoms with Crippen LogP contribution in [0.15, 0.2) is 12.1 Å². The number of ether oxygens (including phenoxy) is 2. The highest BCUT2D eigenvalue weighted by Gasteiger charge is 2.19. The molecule has 1 saturated heterocycles. The summed E-state index contributed by atoms with van der Waals surface area (Å²) in [5.74, 6) is 0.705. The Balaban J connectivity index is 2.31. The third kappa shape index (κ3) is 2.32. The van der Waals surface area contributed by atoms with Crippen LogP contribution in [0.4, 0.5) is 0 Å². The van der Waals surface area contributed by atoms with Gasteiger partial charge in [0.25, 0.3) is 0 Å². The Morgan fingerprint density at radius 1 is 1.50 bits per heavy atom. The quantitative estimate of drug-likeness (QED) is 0.862. The zero-order valence-electron chi connectivity index (χ0n) is 9.55. The van der Waals surface area contributed by atoms with E-state index in [1.165, 1.54) is 0 Å². The van der Waals surface area contributed by atoms with Crippen molar-refractivity contribution in [2.45, 2.75) is 13.0 Å². The highest BCUT2D eigenvalue weighted by atomic mass is 35.5. The molecule has 1 aliphatic rings. The van der Waals surface area contributed by atoms with Gasteiger partial charge in [-0.2, -0.15) is 0 Å². The van der Waals surface area contributed by atoms with E-state index in [1.54, 1.807) is 7.11 Å². The summed E-state index contributed by atoms with van der Waals surface area (Å²) in [5, 5.41) is 3.96. The van der Waals surface area contributed by atoms with Gasteiger partial charge >= 0.3 is 0 Å².